The van der Waals surface area contributed by atoms with Gasteiger partial charge in [0.05, 0.1) is 20.1 Å². The molecule has 2 aliphatic heterocycles. The molecule has 9 heteroatoms. The largest absolute Gasteiger partial charge is 0.497 e. The lowest BCUT2D eigenvalue weighted by Gasteiger charge is -2.40. The van der Waals surface area contributed by atoms with Gasteiger partial charge in [0.25, 0.3) is 0 Å². The summed E-state index contributed by atoms with van der Waals surface area (Å²) in [6.45, 7) is 0.0269. The predicted molar refractivity (Wildman–Crippen MR) is 128 cm³/mol. The van der Waals surface area contributed by atoms with Gasteiger partial charge in [0.15, 0.2) is 29.0 Å². The molecule has 190 valence electrons. The highest BCUT2D eigenvalue weighted by atomic mass is 16.7. The number of aliphatic hydroxyl groups is 2. The second kappa shape index (κ2) is 8.22. The molecule has 9 nitrogen and oxygen atoms in total. The van der Waals surface area contributed by atoms with E-state index in [2.05, 4.69) is 0 Å². The molecule has 3 aromatic rings. The molecule has 3 aromatic carbocycles. The highest BCUT2D eigenvalue weighted by Crippen LogP contribution is 2.69. The van der Waals surface area contributed by atoms with Crippen LogP contribution in [-0.2, 0) is 20.7 Å². The van der Waals surface area contributed by atoms with Crippen LogP contribution in [0.4, 0.5) is 0 Å². The third kappa shape index (κ3) is 2.92. The maximum Gasteiger partial charge on any atom is 0.312 e. The minimum Gasteiger partial charge on any atom is -0.497 e. The topological polar surface area (TPSA) is 121 Å². The Morgan fingerprint density at radius 3 is 2.49 bits per heavy atom. The fourth-order valence-corrected chi connectivity index (χ4v) is 6.20. The average Bonchev–Trinajstić information content (AvgIpc) is 3.56. The Labute approximate surface area is 212 Å². The zero-order valence-electron chi connectivity index (χ0n) is 20.0. The van der Waals surface area contributed by atoms with E-state index in [4.69, 9.17) is 23.7 Å². The van der Waals surface area contributed by atoms with Gasteiger partial charge in [-0.05, 0) is 23.8 Å². The number of fused-ring (bicyclic) bond motifs is 4. The second-order valence-corrected chi connectivity index (χ2v) is 9.26. The van der Waals surface area contributed by atoms with E-state index in [-0.39, 0.29) is 23.7 Å². The van der Waals surface area contributed by atoms with Gasteiger partial charge in [0.2, 0.25) is 6.79 Å². The summed E-state index contributed by atoms with van der Waals surface area (Å²) in [7, 11) is 2.67. The summed E-state index contributed by atoms with van der Waals surface area (Å²) >= 11 is 0. The highest BCUT2D eigenvalue weighted by molar-refractivity contribution is 5.84. The molecule has 2 N–H and O–H groups in total. The summed E-state index contributed by atoms with van der Waals surface area (Å²) in [6.07, 6.45) is -1.14. The Bertz CT molecular complexity index is 1400. The predicted octanol–water partition coefficient (Wildman–Crippen LogP) is 2.66. The monoisotopic (exact) mass is 504 g/mol. The van der Waals surface area contributed by atoms with Crippen molar-refractivity contribution >= 4 is 12.3 Å². The summed E-state index contributed by atoms with van der Waals surface area (Å²) < 4.78 is 28.2. The average molecular weight is 504 g/mol. The Morgan fingerprint density at radius 2 is 1.78 bits per heavy atom. The smallest absolute Gasteiger partial charge is 0.312 e. The van der Waals surface area contributed by atoms with Gasteiger partial charge < -0.3 is 33.9 Å². The Morgan fingerprint density at radius 1 is 1.03 bits per heavy atom. The van der Waals surface area contributed by atoms with E-state index in [0.717, 1.165) is 0 Å². The van der Waals surface area contributed by atoms with Gasteiger partial charge in [0.1, 0.15) is 17.6 Å². The van der Waals surface area contributed by atoms with E-state index in [1.54, 1.807) is 48.5 Å². The van der Waals surface area contributed by atoms with Crippen LogP contribution in [0.3, 0.4) is 0 Å². The van der Waals surface area contributed by atoms with Crippen molar-refractivity contribution in [1.82, 2.24) is 0 Å². The quantitative estimate of drug-likeness (QED) is 0.399. The number of aldehydes is 1. The molecule has 1 saturated carbocycles. The summed E-state index contributed by atoms with van der Waals surface area (Å²) in [5.41, 5.74) is -2.82. The zero-order valence-corrected chi connectivity index (χ0v) is 20.0. The van der Waals surface area contributed by atoms with Crippen molar-refractivity contribution in [3.05, 3.63) is 82.9 Å². The molecule has 5 atom stereocenters. The minimum atomic E-state index is -2.24. The fraction of sp³-hybridized carbons (Fsp3) is 0.286. The van der Waals surface area contributed by atoms with Gasteiger partial charge in [0, 0.05) is 28.7 Å². The first kappa shape index (κ1) is 23.3. The molecule has 5 unspecified atom stereocenters. The lowest BCUT2D eigenvalue weighted by Crippen LogP contribution is -2.52. The maximum atomic E-state index is 13.2. The molecule has 2 heterocycles. The van der Waals surface area contributed by atoms with Crippen molar-refractivity contribution < 1.29 is 43.5 Å². The summed E-state index contributed by atoms with van der Waals surface area (Å²) in [5, 5.41) is 24.5. The number of esters is 1. The molecule has 0 saturated heterocycles. The third-order valence-corrected chi connectivity index (χ3v) is 7.69. The molecule has 0 spiro atoms. The van der Waals surface area contributed by atoms with Gasteiger partial charge in [-0.3, -0.25) is 9.59 Å². The van der Waals surface area contributed by atoms with Crippen LogP contribution in [0.5, 0.6) is 23.0 Å². The highest BCUT2D eigenvalue weighted by Gasteiger charge is 2.78. The van der Waals surface area contributed by atoms with E-state index in [1.807, 2.05) is 6.07 Å². The van der Waals surface area contributed by atoms with Crippen molar-refractivity contribution in [2.75, 3.05) is 21.0 Å². The van der Waals surface area contributed by atoms with Crippen molar-refractivity contribution in [2.24, 2.45) is 5.92 Å². The van der Waals surface area contributed by atoms with Gasteiger partial charge in [-0.15, -0.1) is 0 Å². The van der Waals surface area contributed by atoms with Gasteiger partial charge >= 0.3 is 5.97 Å². The molecule has 0 bridgehead atoms. The van der Waals surface area contributed by atoms with Crippen LogP contribution in [0.25, 0.3) is 0 Å². The molecule has 0 aromatic heterocycles. The van der Waals surface area contributed by atoms with E-state index in [1.165, 1.54) is 20.3 Å². The molecule has 37 heavy (non-hydrogen) atoms. The molecule has 0 radical (unpaired) electrons. The number of benzene rings is 3. The van der Waals surface area contributed by atoms with E-state index in [9.17, 15) is 19.8 Å². The lowest BCUT2D eigenvalue weighted by molar-refractivity contribution is -0.161. The maximum absolute atomic E-state index is 13.2. The molecule has 1 aliphatic carbocycles. The number of methoxy groups -OCH3 is 2. The first-order valence-corrected chi connectivity index (χ1v) is 11.7. The molecular formula is C28H24O9. The number of hydrogen-bond acceptors (Lipinski definition) is 9. The van der Waals surface area contributed by atoms with Crippen molar-refractivity contribution in [2.45, 2.75) is 23.2 Å². The molecular weight excluding hydrogens is 480 g/mol. The first-order chi connectivity index (χ1) is 17.9. The van der Waals surface area contributed by atoms with Crippen molar-refractivity contribution in [3.8, 4) is 23.0 Å². The summed E-state index contributed by atoms with van der Waals surface area (Å²) in [4.78, 5) is 25.5. The molecule has 3 aliphatic rings. The van der Waals surface area contributed by atoms with Gasteiger partial charge in [-0.2, -0.15) is 0 Å². The number of rotatable bonds is 5. The van der Waals surface area contributed by atoms with Crippen LogP contribution in [-0.4, -0.2) is 49.6 Å². The van der Waals surface area contributed by atoms with Crippen LogP contribution in [0.2, 0.25) is 0 Å². The van der Waals surface area contributed by atoms with Crippen LogP contribution >= 0.6 is 0 Å². The third-order valence-electron chi connectivity index (χ3n) is 7.69. The van der Waals surface area contributed by atoms with Gasteiger partial charge in [-0.25, -0.2) is 0 Å². The normalized spacial score (nSPS) is 28.7. The SMILES string of the molecule is COC(=O)C1C(O)C2(O)c3c(C=O)cc(OC)cc3OC2(c2ccc3c(c2)OCO3)C1c1ccccc1. The van der Waals surface area contributed by atoms with Gasteiger partial charge in [-0.1, -0.05) is 36.4 Å². The number of ether oxygens (including phenoxy) is 5. The molecule has 0 amide bonds. The Balaban J connectivity index is 1.71. The Hall–Kier alpha value is -4.08. The van der Waals surface area contributed by atoms with Crippen LogP contribution in [0, 0.1) is 5.92 Å². The standard InChI is InChI=1S/C28H24O9/c1-33-18-10-16(13-29)23-21(12-18)37-28(17-8-9-19-20(11-17)36-14-35-19)24(15-6-4-3-5-7-15)22(26(31)34-2)25(30)27(23,28)32/h3-13,22,24-25,30,32H,14H2,1-2H3. The minimum absolute atomic E-state index is 0.0269. The van der Waals surface area contributed by atoms with Crippen LogP contribution < -0.4 is 18.9 Å². The summed E-state index contributed by atoms with van der Waals surface area (Å²) in [6, 6.07) is 17.0. The number of hydrogen-bond donors (Lipinski definition) is 2. The summed E-state index contributed by atoms with van der Waals surface area (Å²) in [5.74, 6) is -1.48. The fourth-order valence-electron chi connectivity index (χ4n) is 6.20. The first-order valence-electron chi connectivity index (χ1n) is 11.7. The van der Waals surface area contributed by atoms with Crippen LogP contribution in [0.1, 0.15) is 33.0 Å². The number of aliphatic hydroxyl groups excluding tert-OH is 1. The van der Waals surface area contributed by atoms with Crippen molar-refractivity contribution in [3.63, 3.8) is 0 Å². The van der Waals surface area contributed by atoms with E-state index >= 15 is 0 Å². The molecule has 1 fully saturated rings. The van der Waals surface area contributed by atoms with E-state index < -0.39 is 35.1 Å². The van der Waals surface area contributed by atoms with Crippen molar-refractivity contribution in [1.29, 1.82) is 0 Å². The number of carbonyl (C=O) groups excluding carboxylic acids is 2. The van der Waals surface area contributed by atoms with E-state index in [0.29, 0.717) is 34.7 Å². The zero-order chi connectivity index (χ0) is 25.9. The lowest BCUT2D eigenvalue weighted by atomic mass is 9.70. The van der Waals surface area contributed by atoms with Crippen LogP contribution in [0.15, 0.2) is 60.7 Å². The molecule has 6 rings (SSSR count). The Kier molecular flexibility index (Phi) is 5.18. The number of carbonyl (C=O) groups is 2. The second-order valence-electron chi connectivity index (χ2n) is 9.26.